The van der Waals surface area contributed by atoms with Crippen molar-refractivity contribution in [3.63, 3.8) is 0 Å². The van der Waals surface area contributed by atoms with Crippen molar-refractivity contribution in [3.05, 3.63) is 29.8 Å². The van der Waals surface area contributed by atoms with E-state index in [1.807, 2.05) is 31.3 Å². The minimum Gasteiger partial charge on any atom is -0.326 e. The van der Waals surface area contributed by atoms with Crippen LogP contribution in [0.4, 0.5) is 5.69 Å². The number of nitrogens with one attached hydrogen (secondary N) is 2. The molecule has 0 heterocycles. The Morgan fingerprint density at radius 2 is 2.19 bits per heavy atom. The zero-order chi connectivity index (χ0) is 10.7. The normalized spacial score (nSPS) is 14.1. The van der Waals surface area contributed by atoms with Crippen molar-refractivity contribution in [2.45, 2.75) is 19.4 Å². The van der Waals surface area contributed by atoms with Crippen molar-refractivity contribution >= 4 is 24.0 Å². The first kappa shape index (κ1) is 13.0. The molecule has 1 amide bonds. The van der Waals surface area contributed by atoms with Crippen LogP contribution in [0.1, 0.15) is 18.4 Å². The molecular weight excluding hydrogens is 224 g/mol. The summed E-state index contributed by atoms with van der Waals surface area (Å²) in [5.41, 5.74) is 2.09. The molecule has 2 N–H and O–H groups in total. The van der Waals surface area contributed by atoms with Crippen LogP contribution >= 0.6 is 12.4 Å². The Labute approximate surface area is 102 Å². The van der Waals surface area contributed by atoms with Gasteiger partial charge in [0.2, 0.25) is 5.91 Å². The Morgan fingerprint density at radius 1 is 1.44 bits per heavy atom. The third-order valence-corrected chi connectivity index (χ3v) is 2.52. The summed E-state index contributed by atoms with van der Waals surface area (Å²) >= 11 is 0. The lowest BCUT2D eigenvalue weighted by Gasteiger charge is -2.06. The zero-order valence-corrected chi connectivity index (χ0v) is 10.1. The number of carbonyl (C=O) groups is 1. The average Bonchev–Trinajstić information content (AvgIpc) is 3.01. The summed E-state index contributed by atoms with van der Waals surface area (Å²) in [5, 5.41) is 6.02. The Kier molecular flexibility index (Phi) is 4.77. The first-order valence-corrected chi connectivity index (χ1v) is 5.34. The highest BCUT2D eigenvalue weighted by Crippen LogP contribution is 2.30. The second-order valence-electron chi connectivity index (χ2n) is 3.99. The summed E-state index contributed by atoms with van der Waals surface area (Å²) < 4.78 is 0. The first-order valence-electron chi connectivity index (χ1n) is 5.34. The van der Waals surface area contributed by atoms with E-state index >= 15 is 0 Å². The van der Waals surface area contributed by atoms with Crippen molar-refractivity contribution in [1.29, 1.82) is 0 Å². The lowest BCUT2D eigenvalue weighted by atomic mass is 10.2. The summed E-state index contributed by atoms with van der Waals surface area (Å²) in [6.45, 7) is 0.827. The molecule has 0 radical (unpaired) electrons. The van der Waals surface area contributed by atoms with Gasteiger partial charge in [0.1, 0.15) is 0 Å². The number of anilines is 1. The quantitative estimate of drug-likeness (QED) is 0.847. The fourth-order valence-corrected chi connectivity index (χ4v) is 1.55. The van der Waals surface area contributed by atoms with E-state index in [4.69, 9.17) is 0 Å². The second kappa shape index (κ2) is 5.87. The molecule has 1 fully saturated rings. The smallest absolute Gasteiger partial charge is 0.227 e. The van der Waals surface area contributed by atoms with E-state index in [1.165, 1.54) is 5.56 Å². The lowest BCUT2D eigenvalue weighted by molar-refractivity contribution is -0.117. The van der Waals surface area contributed by atoms with Gasteiger partial charge >= 0.3 is 0 Å². The summed E-state index contributed by atoms with van der Waals surface area (Å²) in [7, 11) is 1.91. The predicted molar refractivity (Wildman–Crippen MR) is 67.8 cm³/mol. The van der Waals surface area contributed by atoms with Gasteiger partial charge in [0, 0.05) is 18.2 Å². The van der Waals surface area contributed by atoms with Crippen LogP contribution in [0.25, 0.3) is 0 Å². The molecule has 0 saturated heterocycles. The van der Waals surface area contributed by atoms with Crippen molar-refractivity contribution in [3.8, 4) is 0 Å². The van der Waals surface area contributed by atoms with E-state index in [-0.39, 0.29) is 24.2 Å². The Balaban J connectivity index is 0.00000128. The molecule has 2 rings (SSSR count). The maximum Gasteiger partial charge on any atom is 0.227 e. The highest BCUT2D eigenvalue weighted by molar-refractivity contribution is 5.94. The van der Waals surface area contributed by atoms with Gasteiger partial charge in [-0.25, -0.2) is 0 Å². The summed E-state index contributed by atoms with van der Waals surface area (Å²) in [4.78, 5) is 11.5. The van der Waals surface area contributed by atoms with Gasteiger partial charge in [0.05, 0.1) is 0 Å². The van der Waals surface area contributed by atoms with Crippen molar-refractivity contribution < 1.29 is 4.79 Å². The van der Waals surface area contributed by atoms with E-state index in [2.05, 4.69) is 10.6 Å². The molecule has 16 heavy (non-hydrogen) atoms. The van der Waals surface area contributed by atoms with Crippen LogP contribution in [0, 0.1) is 5.92 Å². The molecule has 0 bridgehead atoms. The van der Waals surface area contributed by atoms with Crippen LogP contribution in [0.5, 0.6) is 0 Å². The van der Waals surface area contributed by atoms with Crippen molar-refractivity contribution in [2.75, 3.05) is 12.4 Å². The monoisotopic (exact) mass is 240 g/mol. The van der Waals surface area contributed by atoms with Gasteiger partial charge in [-0.1, -0.05) is 12.1 Å². The molecule has 1 aliphatic rings. The van der Waals surface area contributed by atoms with Gasteiger partial charge in [0.15, 0.2) is 0 Å². The number of rotatable bonds is 4. The molecule has 4 heteroatoms. The Bertz CT molecular complexity index is 364. The Morgan fingerprint density at radius 3 is 2.81 bits per heavy atom. The van der Waals surface area contributed by atoms with Gasteiger partial charge in [-0.2, -0.15) is 0 Å². The zero-order valence-electron chi connectivity index (χ0n) is 9.32. The van der Waals surface area contributed by atoms with Crippen LogP contribution in [-0.4, -0.2) is 13.0 Å². The molecule has 88 valence electrons. The number of hydrogen-bond donors (Lipinski definition) is 2. The third kappa shape index (κ3) is 3.51. The topological polar surface area (TPSA) is 41.1 Å². The molecular formula is C12H17ClN2O. The lowest BCUT2D eigenvalue weighted by Crippen LogP contribution is -2.13. The molecule has 1 aromatic carbocycles. The van der Waals surface area contributed by atoms with Gasteiger partial charge in [-0.15, -0.1) is 12.4 Å². The molecule has 3 nitrogen and oxygen atoms in total. The van der Waals surface area contributed by atoms with Gasteiger partial charge < -0.3 is 10.6 Å². The second-order valence-corrected chi connectivity index (χ2v) is 3.99. The first-order chi connectivity index (χ1) is 7.29. The largest absolute Gasteiger partial charge is 0.326 e. The summed E-state index contributed by atoms with van der Waals surface area (Å²) in [6, 6.07) is 7.95. The van der Waals surface area contributed by atoms with Gasteiger partial charge in [-0.3, -0.25) is 4.79 Å². The number of hydrogen-bond acceptors (Lipinski definition) is 2. The van der Waals surface area contributed by atoms with E-state index in [0.717, 1.165) is 25.1 Å². The number of amides is 1. The third-order valence-electron chi connectivity index (χ3n) is 2.52. The number of carbonyl (C=O) groups excluding carboxylic acids is 1. The van der Waals surface area contributed by atoms with E-state index in [1.54, 1.807) is 0 Å². The maximum absolute atomic E-state index is 11.5. The van der Waals surface area contributed by atoms with Crippen LogP contribution in [0.2, 0.25) is 0 Å². The molecule has 0 aromatic heterocycles. The highest BCUT2D eigenvalue weighted by atomic mass is 35.5. The van der Waals surface area contributed by atoms with E-state index < -0.39 is 0 Å². The molecule has 0 aliphatic heterocycles. The molecule has 0 unspecified atom stereocenters. The molecule has 0 atom stereocenters. The van der Waals surface area contributed by atoms with Crippen molar-refractivity contribution in [1.82, 2.24) is 5.32 Å². The fourth-order valence-electron chi connectivity index (χ4n) is 1.55. The standard InChI is InChI=1S/C12H16N2O.ClH/c1-13-8-9-3-2-4-11(7-9)14-12(15)10-5-6-10;/h2-4,7,10,13H,5-6,8H2,1H3,(H,14,15);1H. The Hall–Kier alpha value is -1.06. The predicted octanol–water partition coefficient (Wildman–Crippen LogP) is 2.18. The SMILES string of the molecule is CNCc1cccc(NC(=O)C2CC2)c1.Cl. The van der Waals surface area contributed by atoms with E-state index in [0.29, 0.717) is 0 Å². The van der Waals surface area contributed by atoms with Crippen LogP contribution in [0.3, 0.4) is 0 Å². The molecule has 1 aliphatic carbocycles. The average molecular weight is 241 g/mol. The van der Waals surface area contributed by atoms with Crippen LogP contribution in [-0.2, 0) is 11.3 Å². The van der Waals surface area contributed by atoms with E-state index in [9.17, 15) is 4.79 Å². The van der Waals surface area contributed by atoms with Gasteiger partial charge in [-0.05, 0) is 37.6 Å². The minimum atomic E-state index is 0. The van der Waals surface area contributed by atoms with Crippen molar-refractivity contribution in [2.24, 2.45) is 5.92 Å². The summed E-state index contributed by atoms with van der Waals surface area (Å²) in [5.74, 6) is 0.426. The van der Waals surface area contributed by atoms with Gasteiger partial charge in [0.25, 0.3) is 0 Å². The van der Waals surface area contributed by atoms with Crippen LogP contribution < -0.4 is 10.6 Å². The fraction of sp³-hybridized carbons (Fsp3) is 0.417. The number of benzene rings is 1. The molecule has 0 spiro atoms. The summed E-state index contributed by atoms with van der Waals surface area (Å²) in [6.07, 6.45) is 2.09. The molecule has 1 aromatic rings. The maximum atomic E-state index is 11.5. The number of halogens is 1. The van der Waals surface area contributed by atoms with Crippen LogP contribution in [0.15, 0.2) is 24.3 Å². The minimum absolute atomic E-state index is 0. The highest BCUT2D eigenvalue weighted by Gasteiger charge is 2.29. The molecule has 1 saturated carbocycles.